The number of alkyl halides is 3. The number of ether oxygens (including phenoxy) is 2. The first kappa shape index (κ1) is 24.2. The molecule has 3 rings (SSSR count). The Kier molecular flexibility index (Phi) is 7.94. The summed E-state index contributed by atoms with van der Waals surface area (Å²) in [4.78, 5) is 12.5. The minimum absolute atomic E-state index is 0.0250. The summed E-state index contributed by atoms with van der Waals surface area (Å²) in [5, 5.41) is 9.33. The van der Waals surface area contributed by atoms with Gasteiger partial charge in [-0.3, -0.25) is 9.36 Å². The van der Waals surface area contributed by atoms with Crippen LogP contribution in [-0.2, 0) is 22.2 Å². The fraction of sp³-hybridized carbons (Fsp3) is 0.286. The van der Waals surface area contributed by atoms with E-state index in [2.05, 4.69) is 10.2 Å². The smallest absolute Gasteiger partial charge is 0.354 e. The minimum Gasteiger partial charge on any atom is -0.354 e. The Morgan fingerprint density at radius 3 is 2.44 bits per heavy atom. The number of carbonyl (C=O) groups is 1. The van der Waals surface area contributed by atoms with E-state index in [1.54, 1.807) is 28.8 Å². The molecule has 11 heteroatoms. The summed E-state index contributed by atoms with van der Waals surface area (Å²) in [6.07, 6.45) is -5.12. The van der Waals surface area contributed by atoms with Crippen molar-refractivity contribution in [1.82, 2.24) is 14.8 Å². The summed E-state index contributed by atoms with van der Waals surface area (Å²) in [5.74, 6) is -0.0708. The molecule has 170 valence electrons. The monoisotopic (exact) mass is 485 g/mol. The summed E-state index contributed by atoms with van der Waals surface area (Å²) < 4.78 is 51.1. The molecule has 0 fully saturated rings. The maximum Gasteiger partial charge on any atom is 0.416 e. The Bertz CT molecular complexity index is 1070. The predicted octanol–water partition coefficient (Wildman–Crippen LogP) is 5.21. The predicted molar refractivity (Wildman–Crippen MR) is 115 cm³/mol. The van der Waals surface area contributed by atoms with Gasteiger partial charge in [0.05, 0.1) is 17.9 Å². The van der Waals surface area contributed by atoms with Crippen molar-refractivity contribution in [3.8, 4) is 11.4 Å². The highest BCUT2D eigenvalue weighted by Gasteiger charge is 2.31. The molecule has 1 heterocycles. The Morgan fingerprint density at radius 1 is 1.12 bits per heavy atom. The van der Waals surface area contributed by atoms with E-state index in [9.17, 15) is 18.0 Å². The zero-order chi connectivity index (χ0) is 23.3. The normalized spacial score (nSPS) is 11.8. The largest absolute Gasteiger partial charge is 0.416 e. The number of hydrogen-bond acceptors (Lipinski definition) is 6. The summed E-state index contributed by atoms with van der Waals surface area (Å²) in [6.45, 7) is 0.234. The lowest BCUT2D eigenvalue weighted by atomic mass is 10.1. The summed E-state index contributed by atoms with van der Waals surface area (Å²) >= 11 is 7.03. The highest BCUT2D eigenvalue weighted by molar-refractivity contribution is 7.99. The quantitative estimate of drug-likeness (QED) is 0.235. The zero-order valence-corrected chi connectivity index (χ0v) is 18.7. The molecule has 0 radical (unpaired) electrons. The van der Waals surface area contributed by atoms with Gasteiger partial charge in [-0.05, 0) is 36.4 Å². The fourth-order valence-electron chi connectivity index (χ4n) is 2.85. The third-order valence-corrected chi connectivity index (χ3v) is 5.74. The molecule has 0 aliphatic heterocycles. The molecule has 0 atom stereocenters. The molecule has 0 aliphatic carbocycles. The van der Waals surface area contributed by atoms with Gasteiger partial charge in [0, 0.05) is 30.4 Å². The second kappa shape index (κ2) is 10.5. The molecule has 1 aromatic heterocycles. The average Bonchev–Trinajstić information content (AvgIpc) is 3.18. The molecular weight excluding hydrogens is 467 g/mol. The first-order valence-corrected chi connectivity index (χ1v) is 10.7. The minimum atomic E-state index is -4.52. The van der Waals surface area contributed by atoms with Crippen molar-refractivity contribution in [2.75, 3.05) is 20.0 Å². The van der Waals surface area contributed by atoms with Crippen LogP contribution in [0.1, 0.15) is 15.9 Å². The molecule has 2 aromatic carbocycles. The van der Waals surface area contributed by atoms with Crippen LogP contribution < -0.4 is 0 Å². The highest BCUT2D eigenvalue weighted by Crippen LogP contribution is 2.30. The standard InChI is InChI=1S/C21H19ClF3N3O3S/c1-30-18(31-2)11-28-19(13-6-8-16(22)9-7-13)26-27-20(28)32-12-17(29)14-4-3-5-15(10-14)21(23,24)25/h3-10,18H,11-12H2,1-2H3. The van der Waals surface area contributed by atoms with Gasteiger partial charge in [0.25, 0.3) is 0 Å². The van der Waals surface area contributed by atoms with Gasteiger partial charge in [-0.1, -0.05) is 35.5 Å². The number of halogens is 4. The molecule has 3 aromatic rings. The van der Waals surface area contributed by atoms with Crippen LogP contribution in [0.4, 0.5) is 13.2 Å². The Morgan fingerprint density at radius 2 is 1.81 bits per heavy atom. The van der Waals surface area contributed by atoms with E-state index < -0.39 is 23.8 Å². The number of aromatic nitrogens is 3. The molecule has 6 nitrogen and oxygen atoms in total. The van der Waals surface area contributed by atoms with E-state index in [-0.39, 0.29) is 17.9 Å². The number of ketones is 1. The molecular formula is C21H19ClF3N3O3S. The van der Waals surface area contributed by atoms with E-state index >= 15 is 0 Å². The number of nitrogens with zero attached hydrogens (tertiary/aromatic N) is 3. The number of hydrogen-bond donors (Lipinski definition) is 0. The Hall–Kier alpha value is -2.40. The number of carbonyl (C=O) groups excluding carboxylic acids is 1. The average molecular weight is 486 g/mol. The third kappa shape index (κ3) is 5.89. The first-order valence-electron chi connectivity index (χ1n) is 9.31. The maximum atomic E-state index is 12.9. The van der Waals surface area contributed by atoms with Gasteiger partial charge >= 0.3 is 6.18 Å². The van der Waals surface area contributed by atoms with Gasteiger partial charge in [0.1, 0.15) is 0 Å². The van der Waals surface area contributed by atoms with Crippen molar-refractivity contribution in [2.24, 2.45) is 0 Å². The van der Waals surface area contributed by atoms with Crippen LogP contribution in [0.5, 0.6) is 0 Å². The van der Waals surface area contributed by atoms with Gasteiger partial charge in [-0.2, -0.15) is 13.2 Å². The van der Waals surface area contributed by atoms with E-state index in [1.807, 2.05) is 0 Å². The number of benzene rings is 2. The van der Waals surface area contributed by atoms with Crippen molar-refractivity contribution in [2.45, 2.75) is 24.2 Å². The molecule has 0 spiro atoms. The second-order valence-electron chi connectivity index (χ2n) is 6.62. The SMILES string of the molecule is COC(Cn1c(SCC(=O)c2cccc(C(F)(F)F)c2)nnc1-c1ccc(Cl)cc1)OC. The van der Waals surface area contributed by atoms with Crippen molar-refractivity contribution >= 4 is 29.1 Å². The molecule has 0 aliphatic rings. The Labute approximate surface area is 191 Å². The van der Waals surface area contributed by atoms with Crippen LogP contribution in [0.15, 0.2) is 53.7 Å². The molecule has 0 saturated carbocycles. The van der Waals surface area contributed by atoms with E-state index in [4.69, 9.17) is 21.1 Å². The molecule has 0 unspecified atom stereocenters. The van der Waals surface area contributed by atoms with Gasteiger partial charge in [0.2, 0.25) is 0 Å². The number of rotatable bonds is 9. The number of thioether (sulfide) groups is 1. The van der Waals surface area contributed by atoms with Crippen molar-refractivity contribution in [3.63, 3.8) is 0 Å². The number of methoxy groups -OCH3 is 2. The summed E-state index contributed by atoms with van der Waals surface area (Å²) in [5.41, 5.74) is -0.156. The highest BCUT2D eigenvalue weighted by atomic mass is 35.5. The first-order chi connectivity index (χ1) is 15.2. The van der Waals surface area contributed by atoms with Crippen LogP contribution in [0, 0.1) is 0 Å². The topological polar surface area (TPSA) is 66.2 Å². The van der Waals surface area contributed by atoms with Crippen LogP contribution in [0.3, 0.4) is 0 Å². The second-order valence-corrected chi connectivity index (χ2v) is 7.99. The molecule has 0 bridgehead atoms. The van der Waals surface area contributed by atoms with Crippen LogP contribution >= 0.6 is 23.4 Å². The number of Topliss-reactive ketones (excluding diaryl/α,β-unsaturated/α-hetero) is 1. The maximum absolute atomic E-state index is 12.9. The molecule has 0 amide bonds. The molecule has 0 N–H and O–H groups in total. The van der Waals surface area contributed by atoms with E-state index in [1.165, 1.54) is 26.4 Å². The van der Waals surface area contributed by atoms with Gasteiger partial charge in [-0.25, -0.2) is 0 Å². The van der Waals surface area contributed by atoms with Crippen LogP contribution in [0.2, 0.25) is 5.02 Å². The lowest BCUT2D eigenvalue weighted by Crippen LogP contribution is -2.22. The van der Waals surface area contributed by atoms with Crippen molar-refractivity contribution in [3.05, 3.63) is 64.7 Å². The van der Waals surface area contributed by atoms with Gasteiger partial charge in [-0.15, -0.1) is 10.2 Å². The lowest BCUT2D eigenvalue weighted by Gasteiger charge is -2.17. The van der Waals surface area contributed by atoms with E-state index in [0.717, 1.165) is 29.5 Å². The van der Waals surface area contributed by atoms with Crippen molar-refractivity contribution < 1.29 is 27.4 Å². The summed E-state index contributed by atoms with van der Waals surface area (Å²) in [6, 6.07) is 11.3. The van der Waals surface area contributed by atoms with Crippen LogP contribution in [0.25, 0.3) is 11.4 Å². The molecule has 32 heavy (non-hydrogen) atoms. The molecule has 0 saturated heterocycles. The van der Waals surface area contributed by atoms with Crippen molar-refractivity contribution in [1.29, 1.82) is 0 Å². The zero-order valence-electron chi connectivity index (χ0n) is 17.1. The van der Waals surface area contributed by atoms with Gasteiger partial charge in [0.15, 0.2) is 23.1 Å². The van der Waals surface area contributed by atoms with E-state index in [0.29, 0.717) is 16.0 Å². The van der Waals surface area contributed by atoms with Gasteiger partial charge < -0.3 is 9.47 Å². The summed E-state index contributed by atoms with van der Waals surface area (Å²) in [7, 11) is 2.98. The van der Waals surface area contributed by atoms with Crippen LogP contribution in [-0.4, -0.2) is 46.8 Å². The fourth-order valence-corrected chi connectivity index (χ4v) is 3.82. The lowest BCUT2D eigenvalue weighted by molar-refractivity contribution is -0.137. The third-order valence-electron chi connectivity index (χ3n) is 4.52. The Balaban J connectivity index is 1.84.